The van der Waals surface area contributed by atoms with E-state index in [0.717, 1.165) is 10.8 Å². The van der Waals surface area contributed by atoms with E-state index >= 15 is 0 Å². The highest BCUT2D eigenvalue weighted by molar-refractivity contribution is 7.13. The molecule has 0 saturated heterocycles. The molecule has 5 heteroatoms. The van der Waals surface area contributed by atoms with Crippen LogP contribution in [0.2, 0.25) is 0 Å². The maximum absolute atomic E-state index is 11.3. The zero-order chi connectivity index (χ0) is 14.6. The van der Waals surface area contributed by atoms with Gasteiger partial charge in [-0.1, -0.05) is 13.8 Å². The first-order valence-corrected chi connectivity index (χ1v) is 8.23. The minimum Gasteiger partial charge on any atom is -0.466 e. The molecular formula is C15H24N2O2S. The van der Waals surface area contributed by atoms with E-state index < -0.39 is 0 Å². The number of hydrogen-bond donors (Lipinski definition) is 1. The number of thiazole rings is 1. The van der Waals surface area contributed by atoms with Crippen molar-refractivity contribution in [2.75, 3.05) is 11.9 Å². The molecule has 1 atom stereocenters. The van der Waals surface area contributed by atoms with Crippen LogP contribution in [-0.4, -0.2) is 23.6 Å². The van der Waals surface area contributed by atoms with Crippen LogP contribution in [0.4, 0.5) is 5.13 Å². The Hall–Kier alpha value is -1.10. The number of esters is 1. The van der Waals surface area contributed by atoms with Gasteiger partial charge in [0.1, 0.15) is 0 Å². The van der Waals surface area contributed by atoms with Gasteiger partial charge in [0.25, 0.3) is 0 Å². The minimum absolute atomic E-state index is 0.146. The molecule has 20 heavy (non-hydrogen) atoms. The second kappa shape index (κ2) is 6.57. The van der Waals surface area contributed by atoms with Gasteiger partial charge < -0.3 is 10.1 Å². The van der Waals surface area contributed by atoms with Crippen molar-refractivity contribution in [1.82, 2.24) is 4.98 Å². The first-order valence-electron chi connectivity index (χ1n) is 7.35. The highest BCUT2D eigenvalue weighted by Crippen LogP contribution is 2.38. The van der Waals surface area contributed by atoms with Crippen LogP contribution in [0.15, 0.2) is 5.38 Å². The fourth-order valence-electron chi connectivity index (χ4n) is 2.69. The van der Waals surface area contributed by atoms with E-state index in [2.05, 4.69) is 24.1 Å². The summed E-state index contributed by atoms with van der Waals surface area (Å²) in [6, 6.07) is 0.536. The Morgan fingerprint density at radius 2 is 2.40 bits per heavy atom. The van der Waals surface area contributed by atoms with Crippen LogP contribution in [0.25, 0.3) is 0 Å². The summed E-state index contributed by atoms with van der Waals surface area (Å²) < 4.78 is 4.92. The molecule has 1 unspecified atom stereocenters. The Kier molecular flexibility index (Phi) is 5.02. The van der Waals surface area contributed by atoms with Gasteiger partial charge in [0, 0.05) is 17.8 Å². The molecule has 1 aromatic rings. The lowest BCUT2D eigenvalue weighted by Crippen LogP contribution is -2.17. The van der Waals surface area contributed by atoms with Crippen molar-refractivity contribution < 1.29 is 9.53 Å². The molecule has 1 saturated carbocycles. The molecule has 2 rings (SSSR count). The molecule has 112 valence electrons. The molecule has 0 bridgehead atoms. The average molecular weight is 296 g/mol. The second-order valence-electron chi connectivity index (χ2n) is 6.20. The number of rotatable bonds is 6. The fourth-order valence-corrected chi connectivity index (χ4v) is 3.51. The van der Waals surface area contributed by atoms with Crippen LogP contribution in [-0.2, 0) is 16.0 Å². The summed E-state index contributed by atoms with van der Waals surface area (Å²) in [5.74, 6) is -0.146. The van der Waals surface area contributed by atoms with Crippen LogP contribution in [0.3, 0.4) is 0 Å². The number of ether oxygens (including phenoxy) is 1. The van der Waals surface area contributed by atoms with Gasteiger partial charge in [-0.3, -0.25) is 4.79 Å². The summed E-state index contributed by atoms with van der Waals surface area (Å²) in [5, 5.41) is 6.53. The quantitative estimate of drug-likeness (QED) is 0.814. The third-order valence-corrected chi connectivity index (χ3v) is 4.56. The van der Waals surface area contributed by atoms with E-state index in [9.17, 15) is 4.79 Å². The van der Waals surface area contributed by atoms with E-state index in [0.29, 0.717) is 30.9 Å². The van der Waals surface area contributed by atoms with Crippen LogP contribution < -0.4 is 5.32 Å². The lowest BCUT2D eigenvalue weighted by Gasteiger charge is -2.17. The van der Waals surface area contributed by atoms with E-state index in [-0.39, 0.29) is 5.97 Å². The molecular weight excluding hydrogens is 272 g/mol. The smallest absolute Gasteiger partial charge is 0.306 e. The average Bonchev–Trinajstić information content (AvgIpc) is 2.94. The molecule has 1 fully saturated rings. The van der Waals surface area contributed by atoms with Crippen molar-refractivity contribution in [3.63, 3.8) is 0 Å². The van der Waals surface area contributed by atoms with Crippen molar-refractivity contribution in [2.24, 2.45) is 5.41 Å². The van der Waals surface area contributed by atoms with E-state index in [1.54, 1.807) is 11.3 Å². The van der Waals surface area contributed by atoms with Gasteiger partial charge in [0.2, 0.25) is 0 Å². The third-order valence-electron chi connectivity index (χ3n) is 3.74. The molecule has 1 aromatic heterocycles. The Morgan fingerprint density at radius 3 is 3.05 bits per heavy atom. The summed E-state index contributed by atoms with van der Waals surface area (Å²) in [6.45, 7) is 6.91. The number of hydrogen-bond acceptors (Lipinski definition) is 5. The van der Waals surface area contributed by atoms with Gasteiger partial charge >= 0.3 is 5.97 Å². The lowest BCUT2D eigenvalue weighted by molar-refractivity contribution is -0.143. The summed E-state index contributed by atoms with van der Waals surface area (Å²) in [5.41, 5.74) is 1.42. The number of nitrogens with one attached hydrogen (secondary N) is 1. The number of aryl methyl sites for hydroxylation is 1. The largest absolute Gasteiger partial charge is 0.466 e. The van der Waals surface area contributed by atoms with Crippen LogP contribution in [0.5, 0.6) is 0 Å². The van der Waals surface area contributed by atoms with Crippen LogP contribution >= 0.6 is 11.3 Å². The zero-order valence-electron chi connectivity index (χ0n) is 12.6. The maximum Gasteiger partial charge on any atom is 0.306 e. The van der Waals surface area contributed by atoms with Gasteiger partial charge in [0.15, 0.2) is 5.13 Å². The predicted molar refractivity (Wildman–Crippen MR) is 82.1 cm³/mol. The number of aromatic nitrogens is 1. The molecule has 0 radical (unpaired) electrons. The molecule has 0 spiro atoms. The molecule has 0 amide bonds. The molecule has 1 N–H and O–H groups in total. The van der Waals surface area contributed by atoms with Crippen LogP contribution in [0.1, 0.15) is 52.1 Å². The minimum atomic E-state index is -0.146. The molecule has 1 aliphatic rings. The van der Waals surface area contributed by atoms with Crippen molar-refractivity contribution >= 4 is 22.4 Å². The normalized spacial score (nSPS) is 20.9. The van der Waals surface area contributed by atoms with Gasteiger partial charge in [-0.2, -0.15) is 0 Å². The first kappa shape index (κ1) is 15.3. The summed E-state index contributed by atoms with van der Waals surface area (Å²) >= 11 is 1.63. The van der Waals surface area contributed by atoms with E-state index in [1.165, 1.54) is 19.3 Å². The summed E-state index contributed by atoms with van der Waals surface area (Å²) in [6.07, 6.45) is 4.75. The molecule has 0 aromatic carbocycles. The SMILES string of the molecule is CCOC(=O)CCc1csc(NC2CCC(C)(C)C2)n1. The van der Waals surface area contributed by atoms with Crippen molar-refractivity contribution in [3.05, 3.63) is 11.1 Å². The number of nitrogens with zero attached hydrogens (tertiary/aromatic N) is 1. The fraction of sp³-hybridized carbons (Fsp3) is 0.733. The van der Waals surface area contributed by atoms with E-state index in [4.69, 9.17) is 4.74 Å². The van der Waals surface area contributed by atoms with Gasteiger partial charge in [-0.25, -0.2) is 4.98 Å². The summed E-state index contributed by atoms with van der Waals surface area (Å²) in [4.78, 5) is 15.9. The highest BCUT2D eigenvalue weighted by Gasteiger charge is 2.31. The summed E-state index contributed by atoms with van der Waals surface area (Å²) in [7, 11) is 0. The predicted octanol–water partition coefficient (Wildman–Crippen LogP) is 3.63. The second-order valence-corrected chi connectivity index (χ2v) is 7.06. The number of anilines is 1. The topological polar surface area (TPSA) is 51.2 Å². The maximum atomic E-state index is 11.3. The van der Waals surface area contributed by atoms with Crippen molar-refractivity contribution in [3.8, 4) is 0 Å². The van der Waals surface area contributed by atoms with Gasteiger partial charge in [0.05, 0.1) is 18.7 Å². The Balaban J connectivity index is 1.79. The van der Waals surface area contributed by atoms with Crippen LogP contribution in [0, 0.1) is 5.41 Å². The molecule has 0 aliphatic heterocycles. The van der Waals surface area contributed by atoms with Crippen molar-refractivity contribution in [1.29, 1.82) is 0 Å². The van der Waals surface area contributed by atoms with Crippen molar-refractivity contribution in [2.45, 2.75) is 58.9 Å². The van der Waals surface area contributed by atoms with Gasteiger partial charge in [-0.15, -0.1) is 11.3 Å². The Bertz CT molecular complexity index is 456. The monoisotopic (exact) mass is 296 g/mol. The molecule has 4 nitrogen and oxygen atoms in total. The van der Waals surface area contributed by atoms with E-state index in [1.807, 2.05) is 12.3 Å². The highest BCUT2D eigenvalue weighted by atomic mass is 32.1. The molecule has 1 aliphatic carbocycles. The Labute approximate surface area is 124 Å². The number of carbonyl (C=O) groups is 1. The molecule has 1 heterocycles. The number of carbonyl (C=O) groups excluding carboxylic acids is 1. The third kappa shape index (κ3) is 4.47. The zero-order valence-corrected chi connectivity index (χ0v) is 13.4. The van der Waals surface area contributed by atoms with Gasteiger partial charge in [-0.05, 0) is 31.6 Å². The lowest BCUT2D eigenvalue weighted by atomic mass is 9.92. The first-order chi connectivity index (χ1) is 9.48. The standard InChI is InChI=1S/C15H24N2O2S/c1-4-19-13(18)6-5-12-10-20-14(17-12)16-11-7-8-15(2,3)9-11/h10-11H,4-9H2,1-3H3,(H,16,17). The Morgan fingerprint density at radius 1 is 1.60 bits per heavy atom.